The molecule has 154 valence electrons. The van der Waals surface area contributed by atoms with Crippen LogP contribution in [0.3, 0.4) is 0 Å². The zero-order valence-corrected chi connectivity index (χ0v) is 16.2. The molecule has 2 aromatic rings. The summed E-state index contributed by atoms with van der Waals surface area (Å²) in [4.78, 5) is 47.4. The number of rotatable bonds is 6. The van der Waals surface area contributed by atoms with Gasteiger partial charge < -0.3 is 14.6 Å². The van der Waals surface area contributed by atoms with Crippen LogP contribution in [-0.4, -0.2) is 48.0 Å². The maximum absolute atomic E-state index is 12.2. The van der Waals surface area contributed by atoms with Gasteiger partial charge in [-0.25, -0.2) is 9.59 Å². The molecule has 2 aromatic carbocycles. The summed E-state index contributed by atoms with van der Waals surface area (Å²) in [5.41, 5.74) is 1.28. The van der Waals surface area contributed by atoms with Crippen LogP contribution < -0.4 is 14.8 Å². The normalized spacial score (nSPS) is 15.2. The highest BCUT2D eigenvalue weighted by Gasteiger charge is 2.33. The Kier molecular flexibility index (Phi) is 5.82. The van der Waals surface area contributed by atoms with Crippen molar-refractivity contribution < 1.29 is 33.8 Å². The second kappa shape index (κ2) is 8.48. The van der Waals surface area contributed by atoms with Crippen LogP contribution in [0.5, 0.6) is 11.5 Å². The van der Waals surface area contributed by atoms with Crippen molar-refractivity contribution in [3.05, 3.63) is 64.7 Å². The van der Waals surface area contributed by atoms with E-state index in [0.717, 1.165) is 10.5 Å². The molecule has 0 aliphatic carbocycles. The van der Waals surface area contributed by atoms with Crippen LogP contribution in [0.1, 0.15) is 21.5 Å². The predicted octanol–water partition coefficient (Wildman–Crippen LogP) is 2.06. The highest BCUT2D eigenvalue weighted by molar-refractivity contribution is 6.30. The fourth-order valence-corrected chi connectivity index (χ4v) is 2.71. The first-order chi connectivity index (χ1) is 14.3. The van der Waals surface area contributed by atoms with E-state index in [-0.39, 0.29) is 17.7 Å². The van der Waals surface area contributed by atoms with Gasteiger partial charge in [0.25, 0.3) is 11.8 Å². The van der Waals surface area contributed by atoms with E-state index in [0.29, 0.717) is 17.1 Å². The Morgan fingerprint density at radius 1 is 1.10 bits per heavy atom. The van der Waals surface area contributed by atoms with E-state index in [9.17, 15) is 19.2 Å². The number of ether oxygens (including phenoxy) is 2. The molecule has 0 radical (unpaired) electrons. The van der Waals surface area contributed by atoms with Gasteiger partial charge in [-0.15, -0.1) is 0 Å². The number of benzene rings is 2. The third kappa shape index (κ3) is 4.30. The predicted molar refractivity (Wildman–Crippen MR) is 105 cm³/mol. The van der Waals surface area contributed by atoms with Gasteiger partial charge in [0.05, 0.1) is 12.7 Å². The maximum atomic E-state index is 12.2. The molecule has 3 rings (SSSR count). The molecule has 0 aromatic heterocycles. The quantitative estimate of drug-likeness (QED) is 0.552. The number of methoxy groups -OCH3 is 1. The first-order valence-corrected chi connectivity index (χ1v) is 8.78. The van der Waals surface area contributed by atoms with Crippen LogP contribution in [0.15, 0.2) is 48.0 Å². The SMILES string of the molecule is COc1cc(/C=C2\C(=O)NC(=O)N(C)C2=O)ccc1OCc1ccc(C(=O)O)cc1. The van der Waals surface area contributed by atoms with Gasteiger partial charge in [-0.3, -0.25) is 19.8 Å². The van der Waals surface area contributed by atoms with Gasteiger partial charge in [-0.2, -0.15) is 0 Å². The molecule has 1 heterocycles. The van der Waals surface area contributed by atoms with E-state index in [1.54, 1.807) is 30.3 Å². The first kappa shape index (κ1) is 20.6. The summed E-state index contributed by atoms with van der Waals surface area (Å²) < 4.78 is 11.1. The van der Waals surface area contributed by atoms with Crippen molar-refractivity contribution in [1.29, 1.82) is 0 Å². The molecule has 1 saturated heterocycles. The van der Waals surface area contributed by atoms with Crippen LogP contribution in [0.2, 0.25) is 0 Å². The molecule has 0 spiro atoms. The van der Waals surface area contributed by atoms with Crippen LogP contribution in [0.4, 0.5) is 4.79 Å². The monoisotopic (exact) mass is 410 g/mol. The molecule has 2 N–H and O–H groups in total. The second-order valence-electron chi connectivity index (χ2n) is 6.38. The van der Waals surface area contributed by atoms with E-state index < -0.39 is 23.8 Å². The Morgan fingerprint density at radius 3 is 2.43 bits per heavy atom. The molecule has 9 heteroatoms. The Bertz CT molecular complexity index is 1060. The number of nitrogens with one attached hydrogen (secondary N) is 1. The maximum Gasteiger partial charge on any atom is 0.335 e. The van der Waals surface area contributed by atoms with Gasteiger partial charge >= 0.3 is 12.0 Å². The number of carboxylic acid groups (broad SMARTS) is 1. The van der Waals surface area contributed by atoms with Crippen molar-refractivity contribution in [2.24, 2.45) is 0 Å². The number of carboxylic acids is 1. The van der Waals surface area contributed by atoms with E-state index in [1.165, 1.54) is 32.4 Å². The fourth-order valence-electron chi connectivity index (χ4n) is 2.71. The average molecular weight is 410 g/mol. The number of carbonyl (C=O) groups is 4. The molecule has 9 nitrogen and oxygen atoms in total. The summed E-state index contributed by atoms with van der Waals surface area (Å²) in [6.07, 6.45) is 1.36. The summed E-state index contributed by atoms with van der Waals surface area (Å²) in [6.45, 7) is 0.185. The lowest BCUT2D eigenvalue weighted by Crippen LogP contribution is -2.52. The number of urea groups is 1. The van der Waals surface area contributed by atoms with Crippen molar-refractivity contribution in [1.82, 2.24) is 10.2 Å². The number of carbonyl (C=O) groups excluding carboxylic acids is 3. The van der Waals surface area contributed by atoms with E-state index in [4.69, 9.17) is 14.6 Å². The third-order valence-electron chi connectivity index (χ3n) is 4.40. The van der Waals surface area contributed by atoms with Gasteiger partial charge in [-0.1, -0.05) is 18.2 Å². The Hall–Kier alpha value is -4.14. The van der Waals surface area contributed by atoms with Crippen molar-refractivity contribution in [2.75, 3.05) is 14.2 Å². The van der Waals surface area contributed by atoms with Gasteiger partial charge in [0.2, 0.25) is 0 Å². The van der Waals surface area contributed by atoms with Crippen molar-refractivity contribution >= 4 is 29.9 Å². The highest BCUT2D eigenvalue weighted by atomic mass is 16.5. The third-order valence-corrected chi connectivity index (χ3v) is 4.40. The van der Waals surface area contributed by atoms with Crippen molar-refractivity contribution in [3.8, 4) is 11.5 Å². The largest absolute Gasteiger partial charge is 0.493 e. The Balaban J connectivity index is 1.78. The average Bonchev–Trinajstić information content (AvgIpc) is 2.74. The first-order valence-electron chi connectivity index (χ1n) is 8.78. The number of hydrogen-bond acceptors (Lipinski definition) is 6. The molecule has 1 aliphatic rings. The van der Waals surface area contributed by atoms with Crippen molar-refractivity contribution in [3.63, 3.8) is 0 Å². The molecule has 0 saturated carbocycles. The Labute approximate surface area is 171 Å². The van der Waals surface area contributed by atoms with E-state index >= 15 is 0 Å². The number of amides is 4. The van der Waals surface area contributed by atoms with Crippen LogP contribution >= 0.6 is 0 Å². The number of nitrogens with zero attached hydrogens (tertiary/aromatic N) is 1. The zero-order chi connectivity index (χ0) is 21.8. The van der Waals surface area contributed by atoms with Crippen LogP contribution in [-0.2, 0) is 16.2 Å². The van der Waals surface area contributed by atoms with Crippen LogP contribution in [0, 0.1) is 0 Å². The van der Waals surface area contributed by atoms with Gasteiger partial charge in [0, 0.05) is 7.05 Å². The van der Waals surface area contributed by atoms with Gasteiger partial charge in [-0.05, 0) is 41.5 Å². The lowest BCUT2D eigenvalue weighted by molar-refractivity contribution is -0.129. The molecule has 1 fully saturated rings. The summed E-state index contributed by atoms with van der Waals surface area (Å²) >= 11 is 0. The zero-order valence-electron chi connectivity index (χ0n) is 16.2. The minimum Gasteiger partial charge on any atom is -0.493 e. The van der Waals surface area contributed by atoms with E-state index in [2.05, 4.69) is 5.32 Å². The lowest BCUT2D eigenvalue weighted by Gasteiger charge is -2.22. The fraction of sp³-hybridized carbons (Fsp3) is 0.143. The Morgan fingerprint density at radius 2 is 1.80 bits per heavy atom. The number of hydrogen-bond donors (Lipinski definition) is 2. The molecular formula is C21H18N2O7. The number of likely N-dealkylation sites (N-methyl/N-ethyl adjacent to an activating group) is 1. The second-order valence-corrected chi connectivity index (χ2v) is 6.38. The number of imide groups is 2. The van der Waals surface area contributed by atoms with Crippen LogP contribution in [0.25, 0.3) is 6.08 Å². The molecule has 4 amide bonds. The number of aromatic carboxylic acids is 1. The minimum atomic E-state index is -1.01. The molecule has 0 atom stereocenters. The van der Waals surface area contributed by atoms with Gasteiger partial charge in [0.15, 0.2) is 11.5 Å². The molecular weight excluding hydrogens is 392 g/mol. The van der Waals surface area contributed by atoms with Crippen molar-refractivity contribution in [2.45, 2.75) is 6.61 Å². The smallest absolute Gasteiger partial charge is 0.335 e. The summed E-state index contributed by atoms with van der Waals surface area (Å²) in [5.74, 6) is -1.68. The number of barbiturate groups is 1. The molecule has 30 heavy (non-hydrogen) atoms. The summed E-state index contributed by atoms with van der Waals surface area (Å²) in [7, 11) is 2.73. The highest BCUT2D eigenvalue weighted by Crippen LogP contribution is 2.30. The molecule has 0 unspecified atom stereocenters. The molecule has 1 aliphatic heterocycles. The summed E-state index contributed by atoms with van der Waals surface area (Å²) in [6, 6.07) is 10.3. The van der Waals surface area contributed by atoms with E-state index in [1.807, 2.05) is 0 Å². The summed E-state index contributed by atoms with van der Waals surface area (Å²) in [5, 5.41) is 11.0. The minimum absolute atomic E-state index is 0.175. The standard InChI is InChI=1S/C21H18N2O7/c1-23-19(25)15(18(24)22-21(23)28)9-13-5-8-16(17(10-13)29-2)30-11-12-3-6-14(7-4-12)20(26)27/h3-10H,11H2,1-2H3,(H,26,27)(H,22,24,28)/b15-9+. The topological polar surface area (TPSA) is 122 Å². The lowest BCUT2D eigenvalue weighted by atomic mass is 10.1. The molecule has 0 bridgehead atoms. The van der Waals surface area contributed by atoms with Gasteiger partial charge in [0.1, 0.15) is 12.2 Å².